The number of carbonyl (C=O) groups is 1. The minimum absolute atomic E-state index is 0.0379. The number of carboxylic acid groups (broad SMARTS) is 1. The summed E-state index contributed by atoms with van der Waals surface area (Å²) in [6.07, 6.45) is -1.38. The van der Waals surface area contributed by atoms with Crippen LogP contribution in [0.2, 0.25) is 10.4 Å². The molecule has 80 valence electrons. The van der Waals surface area contributed by atoms with E-state index in [0.717, 1.165) is 0 Å². The Kier molecular flexibility index (Phi) is 2.64. The predicted molar refractivity (Wildman–Crippen MR) is 50.4 cm³/mol. The summed E-state index contributed by atoms with van der Waals surface area (Å²) in [5, 5.41) is 9.89. The van der Waals surface area contributed by atoms with Gasteiger partial charge >= 0.3 is 6.16 Å². The van der Waals surface area contributed by atoms with Crippen LogP contribution in [0.3, 0.4) is 0 Å². The highest BCUT2D eigenvalue weighted by Gasteiger charge is 2.26. The van der Waals surface area contributed by atoms with Crippen LogP contribution in [0.4, 0.5) is 4.79 Å². The minimum atomic E-state index is -1.38. The van der Waals surface area contributed by atoms with Gasteiger partial charge in [0, 0.05) is 5.56 Å². The maximum absolute atomic E-state index is 10.3. The van der Waals surface area contributed by atoms with Crippen molar-refractivity contribution in [3.05, 3.63) is 21.7 Å². The summed E-state index contributed by atoms with van der Waals surface area (Å²) in [6.45, 7) is 0.460. The lowest BCUT2D eigenvalue weighted by Gasteiger charge is -2.09. The molecule has 0 unspecified atom stereocenters. The van der Waals surface area contributed by atoms with E-state index >= 15 is 0 Å². The second kappa shape index (κ2) is 3.80. The third-order valence-corrected chi connectivity index (χ3v) is 2.36. The van der Waals surface area contributed by atoms with E-state index in [0.29, 0.717) is 11.3 Å². The second-order valence-electron chi connectivity index (χ2n) is 2.86. The van der Waals surface area contributed by atoms with Gasteiger partial charge < -0.3 is 9.94 Å². The Morgan fingerprint density at radius 2 is 2.13 bits per heavy atom. The first-order valence-electron chi connectivity index (χ1n) is 3.93. The smallest absolute Gasteiger partial charge is 0.448 e. The fraction of sp³-hybridized carbons (Fsp3) is 0.286. The van der Waals surface area contributed by atoms with E-state index in [2.05, 4.69) is 14.8 Å². The van der Waals surface area contributed by atoms with Crippen molar-refractivity contribution in [2.45, 2.75) is 13.1 Å². The fourth-order valence-corrected chi connectivity index (χ4v) is 1.81. The molecule has 0 amide bonds. The van der Waals surface area contributed by atoms with Crippen LogP contribution in [0, 0.1) is 0 Å². The van der Waals surface area contributed by atoms with Crippen molar-refractivity contribution < 1.29 is 14.7 Å². The van der Waals surface area contributed by atoms with Gasteiger partial charge in [-0.2, -0.15) is 0 Å². The zero-order chi connectivity index (χ0) is 11.0. The summed E-state index contributed by atoms with van der Waals surface area (Å²) in [4.78, 5) is 22.4. The molecule has 2 heterocycles. The molecule has 1 aromatic heterocycles. The third-order valence-electron chi connectivity index (χ3n) is 1.88. The van der Waals surface area contributed by atoms with E-state index in [-0.39, 0.29) is 23.5 Å². The first-order valence-corrected chi connectivity index (χ1v) is 4.68. The molecule has 0 saturated carbocycles. The van der Waals surface area contributed by atoms with Gasteiger partial charge in [0.2, 0.25) is 5.28 Å². The quantitative estimate of drug-likeness (QED) is 0.604. The highest BCUT2D eigenvalue weighted by Crippen LogP contribution is 2.27. The first-order chi connectivity index (χ1) is 7.06. The Bertz CT molecular complexity index is 426. The lowest BCUT2D eigenvalue weighted by atomic mass is 10.3. The summed E-state index contributed by atoms with van der Waals surface area (Å²) >= 11 is 11.4. The lowest BCUT2D eigenvalue weighted by molar-refractivity contribution is -0.125. The Balaban J connectivity index is 2.23. The van der Waals surface area contributed by atoms with E-state index < -0.39 is 6.16 Å². The van der Waals surface area contributed by atoms with E-state index in [1.54, 1.807) is 0 Å². The molecule has 1 aromatic rings. The Morgan fingerprint density at radius 3 is 2.80 bits per heavy atom. The molecule has 0 radical (unpaired) electrons. The van der Waals surface area contributed by atoms with Gasteiger partial charge in [0.15, 0.2) is 0 Å². The average Bonchev–Trinajstić information content (AvgIpc) is 2.45. The third kappa shape index (κ3) is 2.11. The van der Waals surface area contributed by atoms with Gasteiger partial charge in [-0.1, -0.05) is 11.6 Å². The SMILES string of the molecule is O=C(O)ON1Cc2nc(Cl)nc(Cl)c2C1. The van der Waals surface area contributed by atoms with Crippen LogP contribution in [0.15, 0.2) is 0 Å². The van der Waals surface area contributed by atoms with E-state index in [1.165, 1.54) is 5.06 Å². The molecule has 1 N–H and O–H groups in total. The zero-order valence-corrected chi connectivity index (χ0v) is 8.79. The van der Waals surface area contributed by atoms with Crippen molar-refractivity contribution in [3.63, 3.8) is 0 Å². The predicted octanol–water partition coefficient (Wildman–Crippen LogP) is 1.71. The van der Waals surface area contributed by atoms with Crippen LogP contribution in [-0.4, -0.2) is 26.3 Å². The first kappa shape index (κ1) is 10.4. The highest BCUT2D eigenvalue weighted by atomic mass is 35.5. The largest absolute Gasteiger partial charge is 0.525 e. The molecule has 0 spiro atoms. The fourth-order valence-electron chi connectivity index (χ4n) is 1.33. The number of fused-ring (bicyclic) bond motifs is 1. The van der Waals surface area contributed by atoms with Crippen LogP contribution in [0.1, 0.15) is 11.3 Å². The summed E-state index contributed by atoms with van der Waals surface area (Å²) in [5.41, 5.74) is 1.23. The van der Waals surface area contributed by atoms with Crippen LogP contribution in [0.25, 0.3) is 0 Å². The minimum Gasteiger partial charge on any atom is -0.448 e. The molecule has 2 rings (SSSR count). The molecule has 0 aromatic carbocycles. The van der Waals surface area contributed by atoms with Crippen LogP contribution >= 0.6 is 23.2 Å². The molecule has 8 heteroatoms. The summed E-state index contributed by atoms with van der Waals surface area (Å²) in [7, 11) is 0. The van der Waals surface area contributed by atoms with Gasteiger partial charge in [0.1, 0.15) is 5.15 Å². The Morgan fingerprint density at radius 1 is 1.40 bits per heavy atom. The van der Waals surface area contributed by atoms with Crippen molar-refractivity contribution in [1.29, 1.82) is 0 Å². The number of hydrogen-bond acceptors (Lipinski definition) is 5. The van der Waals surface area contributed by atoms with Gasteiger partial charge in [-0.05, 0) is 11.6 Å². The molecule has 0 bridgehead atoms. The monoisotopic (exact) mass is 249 g/mol. The molecular weight excluding hydrogens is 245 g/mol. The van der Waals surface area contributed by atoms with Gasteiger partial charge in [-0.25, -0.2) is 14.8 Å². The zero-order valence-electron chi connectivity index (χ0n) is 7.28. The van der Waals surface area contributed by atoms with Gasteiger partial charge in [0.25, 0.3) is 0 Å². The molecule has 0 aliphatic carbocycles. The molecule has 1 aliphatic heterocycles. The number of aromatic nitrogens is 2. The molecule has 0 atom stereocenters. The lowest BCUT2D eigenvalue weighted by Crippen LogP contribution is -2.20. The summed E-state index contributed by atoms with van der Waals surface area (Å²) < 4.78 is 0. The second-order valence-corrected chi connectivity index (χ2v) is 3.56. The van der Waals surface area contributed by atoms with Crippen molar-refractivity contribution in [1.82, 2.24) is 15.0 Å². The number of hydrogen-bond donors (Lipinski definition) is 1. The van der Waals surface area contributed by atoms with E-state index in [4.69, 9.17) is 28.3 Å². The van der Waals surface area contributed by atoms with Crippen molar-refractivity contribution >= 4 is 29.4 Å². The Hall–Kier alpha value is -1.11. The molecule has 0 saturated heterocycles. The van der Waals surface area contributed by atoms with Gasteiger partial charge in [-0.15, -0.1) is 5.06 Å². The molecular formula is C7H5Cl2N3O3. The average molecular weight is 250 g/mol. The normalized spacial score (nSPS) is 15.1. The van der Waals surface area contributed by atoms with Crippen LogP contribution < -0.4 is 0 Å². The maximum atomic E-state index is 10.3. The number of rotatable bonds is 1. The summed E-state index contributed by atoms with van der Waals surface area (Å²) in [5.74, 6) is 0. The van der Waals surface area contributed by atoms with E-state index in [9.17, 15) is 4.79 Å². The number of nitrogens with zero attached hydrogens (tertiary/aromatic N) is 3. The van der Waals surface area contributed by atoms with Crippen molar-refractivity contribution in [3.8, 4) is 0 Å². The maximum Gasteiger partial charge on any atom is 0.525 e. The standard InChI is InChI=1S/C7H5Cl2N3O3/c8-5-3-1-12(15-7(13)14)2-4(3)10-6(9)11-5/h1-2H2,(H,13,14). The Labute approximate surface area is 94.3 Å². The van der Waals surface area contributed by atoms with Crippen molar-refractivity contribution in [2.24, 2.45) is 0 Å². The summed E-state index contributed by atoms with van der Waals surface area (Å²) in [6, 6.07) is 0. The number of hydroxylamine groups is 2. The van der Waals surface area contributed by atoms with Crippen LogP contribution in [0.5, 0.6) is 0 Å². The topological polar surface area (TPSA) is 75.6 Å². The number of halogens is 2. The van der Waals surface area contributed by atoms with Gasteiger partial charge in [-0.3, -0.25) is 0 Å². The van der Waals surface area contributed by atoms with Crippen LogP contribution in [-0.2, 0) is 17.9 Å². The molecule has 1 aliphatic rings. The highest BCUT2D eigenvalue weighted by molar-refractivity contribution is 6.32. The van der Waals surface area contributed by atoms with E-state index in [1.807, 2.05) is 0 Å². The molecule has 6 nitrogen and oxygen atoms in total. The van der Waals surface area contributed by atoms with Crippen molar-refractivity contribution in [2.75, 3.05) is 0 Å². The molecule has 0 fully saturated rings. The molecule has 15 heavy (non-hydrogen) atoms. The van der Waals surface area contributed by atoms with Gasteiger partial charge in [0.05, 0.1) is 18.8 Å².